The zero-order valence-electron chi connectivity index (χ0n) is 26.6. The lowest BCUT2D eigenvalue weighted by Crippen LogP contribution is -2.40. The lowest BCUT2D eigenvalue weighted by atomic mass is 9.80. The fraction of sp³-hybridized carbons (Fsp3) is 0.209. The highest BCUT2D eigenvalue weighted by Crippen LogP contribution is 2.41. The van der Waals surface area contributed by atoms with Crippen molar-refractivity contribution in [2.24, 2.45) is 0 Å². The molecule has 2 atom stereocenters. The van der Waals surface area contributed by atoms with E-state index < -0.39 is 5.60 Å². The van der Waals surface area contributed by atoms with E-state index in [0.29, 0.717) is 19.1 Å². The van der Waals surface area contributed by atoms with Gasteiger partial charge in [0.05, 0.1) is 25.9 Å². The van der Waals surface area contributed by atoms with Crippen LogP contribution < -0.4 is 5.32 Å². The Bertz CT molecular complexity index is 1780. The summed E-state index contributed by atoms with van der Waals surface area (Å²) in [4.78, 5) is 0. The lowest BCUT2D eigenvalue weighted by Gasteiger charge is -2.36. The monoisotopic (exact) mass is 619 g/mol. The topological polar surface area (TPSA) is 50.7 Å². The number of fused-ring (bicyclic) bond motifs is 1. The molecule has 2 unspecified atom stereocenters. The van der Waals surface area contributed by atoms with Crippen LogP contribution in [0, 0.1) is 0 Å². The first-order valence-corrected chi connectivity index (χ1v) is 16.6. The van der Waals surface area contributed by atoms with Crippen LogP contribution in [-0.4, -0.2) is 24.3 Å². The number of aliphatic hydroxyl groups is 1. The second kappa shape index (κ2) is 14.5. The minimum absolute atomic E-state index is 0.0627. The van der Waals surface area contributed by atoms with Crippen LogP contribution in [0.5, 0.6) is 0 Å². The van der Waals surface area contributed by atoms with E-state index in [1.54, 1.807) is 0 Å². The average Bonchev–Trinajstić information content (AvgIpc) is 3.16. The summed E-state index contributed by atoms with van der Waals surface area (Å²) in [6, 6.07) is 53.0. The van der Waals surface area contributed by atoms with E-state index in [2.05, 4.69) is 145 Å². The summed E-state index contributed by atoms with van der Waals surface area (Å²) in [6.45, 7) is 2.82. The number of benzene rings is 6. The Morgan fingerprint density at radius 3 is 1.87 bits per heavy atom. The molecule has 1 aliphatic heterocycles. The van der Waals surface area contributed by atoms with E-state index >= 15 is 0 Å². The quantitative estimate of drug-likeness (QED) is 0.143. The van der Waals surface area contributed by atoms with Crippen molar-refractivity contribution < 1.29 is 14.6 Å². The van der Waals surface area contributed by atoms with Gasteiger partial charge in [0.1, 0.15) is 5.60 Å². The van der Waals surface area contributed by atoms with Gasteiger partial charge in [0.2, 0.25) is 0 Å². The van der Waals surface area contributed by atoms with Crippen molar-refractivity contribution in [2.45, 2.75) is 43.9 Å². The van der Waals surface area contributed by atoms with Crippen molar-refractivity contribution in [3.63, 3.8) is 0 Å². The molecule has 1 aliphatic rings. The van der Waals surface area contributed by atoms with Crippen molar-refractivity contribution in [3.05, 3.63) is 191 Å². The Morgan fingerprint density at radius 1 is 0.638 bits per heavy atom. The highest BCUT2D eigenvalue weighted by molar-refractivity contribution is 5.86. The highest BCUT2D eigenvalue weighted by Gasteiger charge is 2.37. The molecule has 0 aromatic heterocycles. The third-order valence-electron chi connectivity index (χ3n) is 9.50. The van der Waals surface area contributed by atoms with Crippen LogP contribution in [-0.2, 0) is 34.9 Å². The number of rotatable bonds is 11. The van der Waals surface area contributed by atoms with Crippen molar-refractivity contribution in [1.29, 1.82) is 0 Å². The van der Waals surface area contributed by atoms with Crippen LogP contribution in [0.15, 0.2) is 152 Å². The van der Waals surface area contributed by atoms with Gasteiger partial charge in [-0.25, -0.2) is 0 Å². The molecule has 0 aliphatic carbocycles. The van der Waals surface area contributed by atoms with E-state index in [9.17, 15) is 5.11 Å². The summed E-state index contributed by atoms with van der Waals surface area (Å²) < 4.78 is 13.8. The second-order valence-corrected chi connectivity index (χ2v) is 12.4. The van der Waals surface area contributed by atoms with Gasteiger partial charge in [-0.2, -0.15) is 0 Å². The van der Waals surface area contributed by atoms with Gasteiger partial charge in [-0.15, -0.1) is 0 Å². The zero-order chi connectivity index (χ0) is 31.9. The standard InChI is InChI=1S/C43H41NO3/c45-29-32-19-22-35(23-20-32)40-25-26-44-28-42(40)46-30-33-21-24-34-11-10-12-36(41(34)27-33)31-47-43(37-13-4-1-5-14-37,38-15-6-2-7-16-38)39-17-8-3-9-18-39/h1-24,27,40,42,44-45H,25-26,28-31H2. The molecule has 0 bridgehead atoms. The molecule has 0 radical (unpaired) electrons. The Kier molecular flexibility index (Phi) is 9.55. The minimum atomic E-state index is -0.787. The first-order chi connectivity index (χ1) is 23.2. The molecule has 1 heterocycles. The van der Waals surface area contributed by atoms with Gasteiger partial charge < -0.3 is 19.9 Å². The summed E-state index contributed by atoms with van der Waals surface area (Å²) in [6.07, 6.45) is 1.09. The molecule has 6 aromatic carbocycles. The number of aliphatic hydroxyl groups excluding tert-OH is 1. The molecule has 4 nitrogen and oxygen atoms in total. The first-order valence-electron chi connectivity index (χ1n) is 16.6. The van der Waals surface area contributed by atoms with Crippen LogP contribution >= 0.6 is 0 Å². The smallest absolute Gasteiger partial charge is 0.144 e. The summed E-state index contributed by atoms with van der Waals surface area (Å²) in [7, 11) is 0. The lowest BCUT2D eigenvalue weighted by molar-refractivity contribution is 0.000772. The number of ether oxygens (including phenoxy) is 2. The van der Waals surface area contributed by atoms with Crippen molar-refractivity contribution in [2.75, 3.05) is 13.1 Å². The maximum absolute atomic E-state index is 9.48. The molecular formula is C43H41NO3. The summed E-state index contributed by atoms with van der Waals surface area (Å²) in [5, 5.41) is 15.4. The molecule has 7 rings (SSSR count). The second-order valence-electron chi connectivity index (χ2n) is 12.4. The third-order valence-corrected chi connectivity index (χ3v) is 9.50. The average molecular weight is 620 g/mol. The minimum Gasteiger partial charge on any atom is -0.392 e. The van der Waals surface area contributed by atoms with Crippen LogP contribution in [0.25, 0.3) is 10.8 Å². The zero-order valence-corrected chi connectivity index (χ0v) is 26.6. The fourth-order valence-corrected chi connectivity index (χ4v) is 7.01. The molecule has 0 spiro atoms. The van der Waals surface area contributed by atoms with E-state index in [-0.39, 0.29) is 12.7 Å². The van der Waals surface area contributed by atoms with E-state index in [1.807, 2.05) is 12.1 Å². The van der Waals surface area contributed by atoms with Crippen LogP contribution in [0.1, 0.15) is 51.3 Å². The van der Waals surface area contributed by atoms with Gasteiger partial charge in [0.25, 0.3) is 0 Å². The predicted octanol–water partition coefficient (Wildman–Crippen LogP) is 8.50. The molecule has 0 saturated carbocycles. The van der Waals surface area contributed by atoms with Crippen LogP contribution in [0.3, 0.4) is 0 Å². The Hall–Kier alpha value is -4.58. The molecule has 236 valence electrons. The number of nitrogens with one attached hydrogen (secondary N) is 1. The van der Waals surface area contributed by atoms with Crippen LogP contribution in [0.2, 0.25) is 0 Å². The molecule has 1 saturated heterocycles. The van der Waals surface area contributed by atoms with Gasteiger partial charge >= 0.3 is 0 Å². The first kappa shape index (κ1) is 31.0. The Labute approximate surface area is 277 Å². The third kappa shape index (κ3) is 6.64. The molecule has 6 aromatic rings. The largest absolute Gasteiger partial charge is 0.392 e. The Balaban J connectivity index is 1.17. The van der Waals surface area contributed by atoms with E-state index in [0.717, 1.165) is 52.9 Å². The molecule has 47 heavy (non-hydrogen) atoms. The summed E-state index contributed by atoms with van der Waals surface area (Å²) in [5.41, 5.74) is 6.97. The highest BCUT2D eigenvalue weighted by atomic mass is 16.5. The maximum Gasteiger partial charge on any atom is 0.144 e. The number of hydrogen-bond acceptors (Lipinski definition) is 4. The van der Waals surface area contributed by atoms with E-state index in [1.165, 1.54) is 16.3 Å². The molecule has 4 heteroatoms. The van der Waals surface area contributed by atoms with Crippen molar-refractivity contribution in [3.8, 4) is 0 Å². The van der Waals surface area contributed by atoms with Gasteiger partial charge in [-0.1, -0.05) is 146 Å². The molecular weight excluding hydrogens is 578 g/mol. The molecule has 1 fully saturated rings. The number of piperidine rings is 1. The van der Waals surface area contributed by atoms with Gasteiger partial charge in [-0.3, -0.25) is 0 Å². The van der Waals surface area contributed by atoms with Gasteiger partial charge in [-0.05, 0) is 68.7 Å². The number of hydrogen-bond donors (Lipinski definition) is 2. The van der Waals surface area contributed by atoms with Crippen molar-refractivity contribution in [1.82, 2.24) is 5.32 Å². The van der Waals surface area contributed by atoms with E-state index in [4.69, 9.17) is 9.47 Å². The SMILES string of the molecule is OCc1ccc(C2CCNCC2OCc2ccc3cccc(COC(c4ccccc4)(c4ccccc4)c4ccccc4)c3c2)cc1. The van der Waals surface area contributed by atoms with Gasteiger partial charge in [0, 0.05) is 12.5 Å². The summed E-state index contributed by atoms with van der Waals surface area (Å²) >= 11 is 0. The van der Waals surface area contributed by atoms with Crippen LogP contribution in [0.4, 0.5) is 0 Å². The maximum atomic E-state index is 9.48. The normalized spacial score (nSPS) is 16.7. The molecule has 0 amide bonds. The van der Waals surface area contributed by atoms with Gasteiger partial charge in [0.15, 0.2) is 0 Å². The predicted molar refractivity (Wildman–Crippen MR) is 189 cm³/mol. The molecule has 2 N–H and O–H groups in total. The Morgan fingerprint density at radius 2 is 1.26 bits per heavy atom. The van der Waals surface area contributed by atoms with Crippen molar-refractivity contribution >= 4 is 10.8 Å². The summed E-state index contributed by atoms with van der Waals surface area (Å²) in [5.74, 6) is 0.315. The fourth-order valence-electron chi connectivity index (χ4n) is 7.01.